The molecule has 0 bridgehead atoms. The summed E-state index contributed by atoms with van der Waals surface area (Å²) < 4.78 is 9.61. The Bertz CT molecular complexity index is 181. The van der Waals surface area contributed by atoms with Crippen LogP contribution in [0.3, 0.4) is 0 Å². The molecule has 0 saturated carbocycles. The minimum Gasteiger partial charge on any atom is -0.466 e. The van der Waals surface area contributed by atoms with Crippen molar-refractivity contribution >= 4 is 27.9 Å². The number of esters is 2. The first-order chi connectivity index (χ1) is 6.06. The molecule has 0 heterocycles. The third kappa shape index (κ3) is 7.77. The van der Waals surface area contributed by atoms with Gasteiger partial charge >= 0.3 is 11.9 Å². The number of halogens is 1. The number of hydrogen-bond donors (Lipinski definition) is 0. The molecular weight excluding hydrogens is 240 g/mol. The van der Waals surface area contributed by atoms with Crippen molar-refractivity contribution in [2.45, 2.75) is 26.4 Å². The highest BCUT2D eigenvalue weighted by Crippen LogP contribution is 2.03. The summed E-state index contributed by atoms with van der Waals surface area (Å²) in [6, 6.07) is 0. The maximum Gasteiger partial charge on any atom is 0.302 e. The Balaban J connectivity index is 3.59. The Morgan fingerprint density at radius 2 is 1.92 bits per heavy atom. The Kier molecular flexibility index (Phi) is 6.58. The van der Waals surface area contributed by atoms with Gasteiger partial charge in [-0.05, 0) is 0 Å². The van der Waals surface area contributed by atoms with Crippen molar-refractivity contribution in [1.29, 1.82) is 0 Å². The summed E-state index contributed by atoms with van der Waals surface area (Å²) in [7, 11) is 0. The van der Waals surface area contributed by atoms with Crippen LogP contribution in [0.4, 0.5) is 0 Å². The lowest BCUT2D eigenvalue weighted by molar-refractivity contribution is -0.147. The van der Waals surface area contributed by atoms with Crippen molar-refractivity contribution in [3.05, 3.63) is 0 Å². The van der Waals surface area contributed by atoms with Gasteiger partial charge in [-0.3, -0.25) is 9.59 Å². The Labute approximate surface area is 85.7 Å². The smallest absolute Gasteiger partial charge is 0.302 e. The van der Waals surface area contributed by atoms with Crippen LogP contribution in [0.5, 0.6) is 0 Å². The standard InChI is InChI=1S/C8H13BrO4/c1-6(10)12-4-3-8(5-9)13-7(2)11/h8H,3-5H2,1-2H3/t8-/m1/s1. The lowest BCUT2D eigenvalue weighted by Gasteiger charge is -2.13. The average Bonchev–Trinajstić information content (AvgIpc) is 2.01. The van der Waals surface area contributed by atoms with Crippen LogP contribution in [0, 0.1) is 0 Å². The molecular formula is C8H13BrO4. The lowest BCUT2D eigenvalue weighted by Crippen LogP contribution is -2.20. The topological polar surface area (TPSA) is 52.6 Å². The van der Waals surface area contributed by atoms with Gasteiger partial charge in [0.25, 0.3) is 0 Å². The fourth-order valence-electron chi connectivity index (χ4n) is 0.736. The second-order valence-corrected chi connectivity index (χ2v) is 3.16. The van der Waals surface area contributed by atoms with E-state index in [0.29, 0.717) is 11.8 Å². The van der Waals surface area contributed by atoms with Crippen LogP contribution >= 0.6 is 15.9 Å². The van der Waals surface area contributed by atoms with Gasteiger partial charge in [0.1, 0.15) is 6.10 Å². The summed E-state index contributed by atoms with van der Waals surface area (Å²) in [5, 5.41) is 0.549. The van der Waals surface area contributed by atoms with Crippen LogP contribution in [0.2, 0.25) is 0 Å². The summed E-state index contributed by atoms with van der Waals surface area (Å²) in [6.07, 6.45) is 0.293. The molecule has 0 aliphatic carbocycles. The van der Waals surface area contributed by atoms with Gasteiger partial charge in [0.15, 0.2) is 0 Å². The van der Waals surface area contributed by atoms with Gasteiger partial charge in [-0.2, -0.15) is 0 Å². The van der Waals surface area contributed by atoms with E-state index in [0.717, 1.165) is 0 Å². The number of carbonyl (C=O) groups excluding carboxylic acids is 2. The summed E-state index contributed by atoms with van der Waals surface area (Å²) in [4.78, 5) is 21.0. The van der Waals surface area contributed by atoms with E-state index in [-0.39, 0.29) is 24.6 Å². The molecule has 0 aliphatic heterocycles. The first-order valence-corrected chi connectivity index (χ1v) is 5.05. The molecule has 5 heteroatoms. The summed E-state index contributed by atoms with van der Waals surface area (Å²) in [5.41, 5.74) is 0. The molecule has 0 aromatic rings. The van der Waals surface area contributed by atoms with Crippen LogP contribution < -0.4 is 0 Å². The predicted octanol–water partition coefficient (Wildman–Crippen LogP) is 1.27. The van der Waals surface area contributed by atoms with E-state index in [9.17, 15) is 9.59 Å². The minimum absolute atomic E-state index is 0.225. The van der Waals surface area contributed by atoms with Crippen molar-refractivity contribution in [3.8, 4) is 0 Å². The zero-order valence-corrected chi connectivity index (χ0v) is 9.30. The molecule has 0 amide bonds. The molecule has 0 radical (unpaired) electrons. The van der Waals surface area contributed by atoms with Crippen LogP contribution in [0.1, 0.15) is 20.3 Å². The van der Waals surface area contributed by atoms with Gasteiger partial charge in [-0.25, -0.2) is 0 Å². The first kappa shape index (κ1) is 12.4. The number of alkyl halides is 1. The highest BCUT2D eigenvalue weighted by atomic mass is 79.9. The molecule has 0 spiro atoms. The fourth-order valence-corrected chi connectivity index (χ4v) is 1.19. The largest absolute Gasteiger partial charge is 0.466 e. The molecule has 0 rings (SSSR count). The zero-order valence-electron chi connectivity index (χ0n) is 7.71. The number of ether oxygens (including phenoxy) is 2. The number of rotatable bonds is 5. The maximum atomic E-state index is 10.6. The number of hydrogen-bond acceptors (Lipinski definition) is 4. The third-order valence-corrected chi connectivity index (χ3v) is 1.97. The summed E-state index contributed by atoms with van der Waals surface area (Å²) in [6.45, 7) is 2.97. The molecule has 0 aliphatic rings. The van der Waals surface area contributed by atoms with E-state index in [1.165, 1.54) is 13.8 Å². The second kappa shape index (κ2) is 6.88. The molecule has 0 fully saturated rings. The molecule has 0 aromatic carbocycles. The normalized spacial score (nSPS) is 11.9. The average molecular weight is 253 g/mol. The molecule has 1 atom stereocenters. The Morgan fingerprint density at radius 1 is 1.31 bits per heavy atom. The molecule has 0 unspecified atom stereocenters. The van der Waals surface area contributed by atoms with Crippen molar-refractivity contribution < 1.29 is 19.1 Å². The second-order valence-electron chi connectivity index (χ2n) is 2.51. The van der Waals surface area contributed by atoms with E-state index in [1.54, 1.807) is 0 Å². The van der Waals surface area contributed by atoms with Crippen molar-refractivity contribution in [3.63, 3.8) is 0 Å². The predicted molar refractivity (Wildman–Crippen MR) is 50.6 cm³/mol. The molecule has 0 N–H and O–H groups in total. The van der Waals surface area contributed by atoms with Gasteiger partial charge in [0.05, 0.1) is 6.61 Å². The van der Waals surface area contributed by atoms with Crippen LogP contribution in [0.15, 0.2) is 0 Å². The molecule has 0 saturated heterocycles. The van der Waals surface area contributed by atoms with Crippen molar-refractivity contribution in [2.75, 3.05) is 11.9 Å². The van der Waals surface area contributed by atoms with Gasteiger partial charge in [-0.15, -0.1) is 0 Å². The minimum atomic E-state index is -0.327. The van der Waals surface area contributed by atoms with E-state index in [2.05, 4.69) is 15.9 Å². The van der Waals surface area contributed by atoms with E-state index in [4.69, 9.17) is 9.47 Å². The van der Waals surface area contributed by atoms with Crippen LogP contribution in [-0.4, -0.2) is 30.0 Å². The highest BCUT2D eigenvalue weighted by molar-refractivity contribution is 9.09. The summed E-state index contributed by atoms with van der Waals surface area (Å²) >= 11 is 3.19. The van der Waals surface area contributed by atoms with Gasteiger partial charge in [-0.1, -0.05) is 15.9 Å². The van der Waals surface area contributed by atoms with Crippen LogP contribution in [-0.2, 0) is 19.1 Å². The van der Waals surface area contributed by atoms with Gasteiger partial charge in [0.2, 0.25) is 0 Å². The van der Waals surface area contributed by atoms with Crippen LogP contribution in [0.25, 0.3) is 0 Å². The zero-order chi connectivity index (χ0) is 10.3. The quantitative estimate of drug-likeness (QED) is 0.546. The molecule has 76 valence electrons. The first-order valence-electron chi connectivity index (χ1n) is 3.92. The van der Waals surface area contributed by atoms with E-state index >= 15 is 0 Å². The lowest BCUT2D eigenvalue weighted by atomic mass is 10.3. The Morgan fingerprint density at radius 3 is 2.31 bits per heavy atom. The van der Waals surface area contributed by atoms with E-state index in [1.807, 2.05) is 0 Å². The number of carbonyl (C=O) groups is 2. The van der Waals surface area contributed by atoms with Gasteiger partial charge in [0, 0.05) is 25.6 Å². The maximum absolute atomic E-state index is 10.6. The molecule has 4 nitrogen and oxygen atoms in total. The SMILES string of the molecule is CC(=O)OCC[C@H](CBr)OC(C)=O. The summed E-state index contributed by atoms with van der Waals surface area (Å²) in [5.74, 6) is -0.650. The molecule has 0 aromatic heterocycles. The Hall–Kier alpha value is -0.580. The third-order valence-electron chi connectivity index (χ3n) is 1.25. The highest BCUT2D eigenvalue weighted by Gasteiger charge is 2.10. The van der Waals surface area contributed by atoms with Crippen molar-refractivity contribution in [1.82, 2.24) is 0 Å². The fraction of sp³-hybridized carbons (Fsp3) is 0.750. The monoisotopic (exact) mass is 252 g/mol. The van der Waals surface area contributed by atoms with E-state index < -0.39 is 0 Å². The van der Waals surface area contributed by atoms with Crippen molar-refractivity contribution in [2.24, 2.45) is 0 Å². The van der Waals surface area contributed by atoms with Gasteiger partial charge < -0.3 is 9.47 Å². The molecule has 13 heavy (non-hydrogen) atoms.